The predicted molar refractivity (Wildman–Crippen MR) is 67.4 cm³/mol. The lowest BCUT2D eigenvalue weighted by Gasteiger charge is -2.25. The van der Waals surface area contributed by atoms with Crippen LogP contribution < -0.4 is 0 Å². The highest BCUT2D eigenvalue weighted by molar-refractivity contribution is 9.10. The van der Waals surface area contributed by atoms with Gasteiger partial charge < -0.3 is 9.84 Å². The summed E-state index contributed by atoms with van der Waals surface area (Å²) in [7, 11) is 1.68. The molecule has 0 aliphatic carbocycles. The van der Waals surface area contributed by atoms with Crippen LogP contribution in [-0.4, -0.2) is 23.9 Å². The fraction of sp³-hybridized carbons (Fsp3) is 0.636. The lowest BCUT2D eigenvalue weighted by molar-refractivity contribution is -0.0189. The Morgan fingerprint density at radius 2 is 2.27 bits per heavy atom. The third kappa shape index (κ3) is 4.64. The van der Waals surface area contributed by atoms with Crippen molar-refractivity contribution in [3.63, 3.8) is 0 Å². The molecule has 0 fully saturated rings. The highest BCUT2D eigenvalue weighted by Gasteiger charge is 2.21. The predicted octanol–water partition coefficient (Wildman–Crippen LogP) is 3.23. The zero-order chi connectivity index (χ0) is 11.5. The van der Waals surface area contributed by atoms with Gasteiger partial charge in [0.2, 0.25) is 0 Å². The van der Waals surface area contributed by atoms with E-state index in [2.05, 4.69) is 15.9 Å². The first-order chi connectivity index (χ1) is 6.93. The summed E-state index contributed by atoms with van der Waals surface area (Å²) >= 11 is 5.07. The van der Waals surface area contributed by atoms with E-state index in [-0.39, 0.29) is 11.7 Å². The minimum absolute atomic E-state index is 0.256. The van der Waals surface area contributed by atoms with Crippen LogP contribution in [0.25, 0.3) is 0 Å². The molecule has 1 atom stereocenters. The van der Waals surface area contributed by atoms with Crippen LogP contribution in [0, 0.1) is 0 Å². The van der Waals surface area contributed by atoms with Crippen molar-refractivity contribution in [2.24, 2.45) is 0 Å². The highest BCUT2D eigenvalue weighted by atomic mass is 79.9. The second-order valence-corrected chi connectivity index (χ2v) is 6.17. The number of hydrogen-bond acceptors (Lipinski definition) is 3. The highest BCUT2D eigenvalue weighted by Crippen LogP contribution is 2.23. The van der Waals surface area contributed by atoms with Crippen LogP contribution >= 0.6 is 27.3 Å². The van der Waals surface area contributed by atoms with Crippen LogP contribution in [0.2, 0.25) is 0 Å². The summed E-state index contributed by atoms with van der Waals surface area (Å²) in [5.74, 6) is 0. The lowest BCUT2D eigenvalue weighted by Crippen LogP contribution is -2.29. The molecular weight excluding hydrogens is 276 g/mol. The topological polar surface area (TPSA) is 29.5 Å². The molecule has 1 N–H and O–H groups in total. The maximum absolute atomic E-state index is 9.89. The van der Waals surface area contributed by atoms with Gasteiger partial charge in [-0.15, -0.1) is 11.3 Å². The van der Waals surface area contributed by atoms with Gasteiger partial charge in [-0.1, -0.05) is 0 Å². The molecule has 86 valence electrons. The van der Waals surface area contributed by atoms with Crippen molar-refractivity contribution in [3.05, 3.63) is 20.8 Å². The Labute approximate surface area is 103 Å². The minimum atomic E-state index is -0.342. The second kappa shape index (κ2) is 5.43. The largest absolute Gasteiger partial charge is 0.393 e. The van der Waals surface area contributed by atoms with Gasteiger partial charge in [0.1, 0.15) is 0 Å². The number of ether oxygens (including phenoxy) is 1. The van der Waals surface area contributed by atoms with Crippen LogP contribution in [0.15, 0.2) is 15.9 Å². The molecule has 0 saturated carbocycles. The molecule has 0 aliphatic heterocycles. The zero-order valence-electron chi connectivity index (χ0n) is 9.29. The Morgan fingerprint density at radius 3 is 2.73 bits per heavy atom. The first kappa shape index (κ1) is 13.2. The quantitative estimate of drug-likeness (QED) is 0.903. The van der Waals surface area contributed by atoms with Crippen LogP contribution in [-0.2, 0) is 11.2 Å². The summed E-state index contributed by atoms with van der Waals surface area (Å²) < 4.78 is 6.37. The van der Waals surface area contributed by atoms with E-state index in [9.17, 15) is 5.11 Å². The standard InChI is InChI=1S/C11H17BrO2S/c1-11(2,14-3)6-9(13)5-10-4-8(12)7-15-10/h4,7,9,13H,5-6H2,1-3H3. The summed E-state index contributed by atoms with van der Waals surface area (Å²) in [6, 6.07) is 2.05. The first-order valence-corrected chi connectivity index (χ1v) is 6.56. The molecule has 0 amide bonds. The molecule has 0 saturated heterocycles. The summed E-state index contributed by atoms with van der Waals surface area (Å²) in [5.41, 5.74) is -0.256. The third-order valence-electron chi connectivity index (χ3n) is 2.34. The second-order valence-electron chi connectivity index (χ2n) is 4.26. The van der Waals surface area contributed by atoms with Gasteiger partial charge in [0.25, 0.3) is 0 Å². The molecule has 0 radical (unpaired) electrons. The van der Waals surface area contributed by atoms with Gasteiger partial charge in [-0.3, -0.25) is 0 Å². The summed E-state index contributed by atoms with van der Waals surface area (Å²) in [4.78, 5) is 1.20. The minimum Gasteiger partial charge on any atom is -0.393 e. The number of aliphatic hydroxyl groups excluding tert-OH is 1. The Bertz CT molecular complexity index is 309. The number of halogens is 1. The van der Waals surface area contributed by atoms with E-state index in [1.165, 1.54) is 4.88 Å². The van der Waals surface area contributed by atoms with Gasteiger partial charge in [-0.05, 0) is 35.8 Å². The maximum Gasteiger partial charge on any atom is 0.0647 e. The fourth-order valence-corrected chi connectivity index (χ4v) is 2.94. The van der Waals surface area contributed by atoms with Crippen molar-refractivity contribution < 1.29 is 9.84 Å². The fourth-order valence-electron chi connectivity index (χ4n) is 1.42. The van der Waals surface area contributed by atoms with E-state index < -0.39 is 0 Å². The molecule has 4 heteroatoms. The molecule has 1 aromatic rings. The third-order valence-corrected chi connectivity index (χ3v) is 4.06. The van der Waals surface area contributed by atoms with Gasteiger partial charge in [0, 0.05) is 34.7 Å². The monoisotopic (exact) mass is 292 g/mol. The van der Waals surface area contributed by atoms with E-state index in [0.717, 1.165) is 4.47 Å². The van der Waals surface area contributed by atoms with Crippen molar-refractivity contribution >= 4 is 27.3 Å². The van der Waals surface area contributed by atoms with Crippen LogP contribution in [0.1, 0.15) is 25.1 Å². The number of hydrogen-bond donors (Lipinski definition) is 1. The first-order valence-electron chi connectivity index (χ1n) is 4.89. The molecule has 2 nitrogen and oxygen atoms in total. The van der Waals surface area contributed by atoms with Crippen LogP contribution in [0.3, 0.4) is 0 Å². The normalized spacial score (nSPS) is 14.2. The maximum atomic E-state index is 9.89. The number of rotatable bonds is 5. The Morgan fingerprint density at radius 1 is 1.60 bits per heavy atom. The average molecular weight is 293 g/mol. The molecule has 0 aliphatic rings. The molecule has 0 spiro atoms. The number of thiophene rings is 1. The number of aliphatic hydroxyl groups is 1. The summed E-state index contributed by atoms with van der Waals surface area (Å²) in [6.45, 7) is 3.97. The van der Waals surface area contributed by atoms with Gasteiger partial charge >= 0.3 is 0 Å². The average Bonchev–Trinajstić information content (AvgIpc) is 2.50. The van der Waals surface area contributed by atoms with Crippen molar-refractivity contribution in [1.82, 2.24) is 0 Å². The Balaban J connectivity index is 2.46. The van der Waals surface area contributed by atoms with Gasteiger partial charge in [0.05, 0.1) is 11.7 Å². The SMILES string of the molecule is COC(C)(C)CC(O)Cc1cc(Br)cs1. The van der Waals surface area contributed by atoms with Crippen molar-refractivity contribution in [3.8, 4) is 0 Å². The van der Waals surface area contributed by atoms with Gasteiger partial charge in [0.15, 0.2) is 0 Å². The molecular formula is C11H17BrO2S. The van der Waals surface area contributed by atoms with Crippen molar-refractivity contribution in [1.29, 1.82) is 0 Å². The Kier molecular flexibility index (Phi) is 4.77. The molecule has 15 heavy (non-hydrogen) atoms. The van der Waals surface area contributed by atoms with Crippen LogP contribution in [0.4, 0.5) is 0 Å². The molecule has 1 aromatic heterocycles. The molecule has 0 aromatic carbocycles. The van der Waals surface area contributed by atoms with E-state index in [1.807, 2.05) is 25.3 Å². The van der Waals surface area contributed by atoms with Gasteiger partial charge in [-0.25, -0.2) is 0 Å². The Hall–Kier alpha value is 0.1000. The smallest absolute Gasteiger partial charge is 0.0647 e. The molecule has 0 bridgehead atoms. The molecule has 1 heterocycles. The lowest BCUT2D eigenvalue weighted by atomic mass is 9.98. The van der Waals surface area contributed by atoms with Crippen molar-refractivity contribution in [2.75, 3.05) is 7.11 Å². The van der Waals surface area contributed by atoms with Crippen LogP contribution in [0.5, 0.6) is 0 Å². The molecule has 1 rings (SSSR count). The molecule has 1 unspecified atom stereocenters. The van der Waals surface area contributed by atoms with E-state index in [1.54, 1.807) is 18.4 Å². The number of methoxy groups -OCH3 is 1. The summed E-state index contributed by atoms with van der Waals surface area (Å²) in [5, 5.41) is 11.9. The summed E-state index contributed by atoms with van der Waals surface area (Å²) in [6.07, 6.45) is 1.01. The van der Waals surface area contributed by atoms with E-state index in [0.29, 0.717) is 12.8 Å². The van der Waals surface area contributed by atoms with E-state index >= 15 is 0 Å². The van der Waals surface area contributed by atoms with Gasteiger partial charge in [-0.2, -0.15) is 0 Å². The zero-order valence-corrected chi connectivity index (χ0v) is 11.7. The van der Waals surface area contributed by atoms with Crippen molar-refractivity contribution in [2.45, 2.75) is 38.4 Å². The van der Waals surface area contributed by atoms with E-state index in [4.69, 9.17) is 4.74 Å².